The van der Waals surface area contributed by atoms with Crippen LogP contribution >= 0.6 is 0 Å². The lowest BCUT2D eigenvalue weighted by molar-refractivity contribution is -0.154. The normalized spacial score (nSPS) is 20.9. The number of amides is 1. The number of hydrogen-bond donors (Lipinski definition) is 2. The number of H-pyrrole nitrogens is 1. The number of pyridine rings is 1. The number of fused-ring (bicyclic) bond motifs is 3. The van der Waals surface area contributed by atoms with Gasteiger partial charge in [-0.15, -0.1) is 0 Å². The molecule has 1 fully saturated rings. The van der Waals surface area contributed by atoms with Gasteiger partial charge in [-0.05, 0) is 32.3 Å². The van der Waals surface area contributed by atoms with Crippen molar-refractivity contribution in [3.05, 3.63) is 24.3 Å². The molecule has 6 nitrogen and oxygen atoms in total. The van der Waals surface area contributed by atoms with E-state index >= 15 is 0 Å². The number of aromatic nitrogens is 4. The average Bonchev–Trinajstić information content (AvgIpc) is 3.21. The van der Waals surface area contributed by atoms with Crippen molar-refractivity contribution < 1.29 is 18.0 Å². The largest absolute Gasteiger partial charge is 0.397 e. The summed E-state index contributed by atoms with van der Waals surface area (Å²) >= 11 is 0. The van der Waals surface area contributed by atoms with Gasteiger partial charge in [0.25, 0.3) is 0 Å². The number of alkyl halides is 3. The number of hydrogen-bond acceptors (Lipinski definition) is 3. The van der Waals surface area contributed by atoms with Crippen LogP contribution in [-0.2, 0) is 4.79 Å². The summed E-state index contributed by atoms with van der Waals surface area (Å²) in [6, 6.07) is 1.77. The van der Waals surface area contributed by atoms with Crippen molar-refractivity contribution in [2.45, 2.75) is 50.9 Å². The van der Waals surface area contributed by atoms with Gasteiger partial charge in [-0.3, -0.25) is 4.79 Å². The molecule has 3 aromatic heterocycles. The number of nitrogens with zero attached hydrogens (tertiary/aromatic N) is 3. The summed E-state index contributed by atoms with van der Waals surface area (Å²) in [6.45, 7) is 1.91. The Morgan fingerprint density at radius 1 is 1.42 bits per heavy atom. The minimum atomic E-state index is -4.48. The highest BCUT2D eigenvalue weighted by Gasteiger charge is 2.34. The van der Waals surface area contributed by atoms with Crippen molar-refractivity contribution in [1.29, 1.82) is 0 Å². The Bertz CT molecular complexity index is 974. The van der Waals surface area contributed by atoms with E-state index in [1.807, 2.05) is 19.2 Å². The molecular formula is C17H18F3N5O. The third-order valence-corrected chi connectivity index (χ3v) is 4.91. The van der Waals surface area contributed by atoms with E-state index in [1.165, 1.54) is 0 Å². The number of nitrogens with one attached hydrogen (secondary N) is 2. The van der Waals surface area contributed by atoms with Gasteiger partial charge in [-0.2, -0.15) is 13.2 Å². The first kappa shape index (κ1) is 16.9. The highest BCUT2D eigenvalue weighted by atomic mass is 19.4. The van der Waals surface area contributed by atoms with Gasteiger partial charge in [0.2, 0.25) is 5.91 Å². The molecule has 0 saturated heterocycles. The van der Waals surface area contributed by atoms with Crippen molar-refractivity contribution in [2.24, 2.45) is 0 Å². The van der Waals surface area contributed by atoms with E-state index in [-0.39, 0.29) is 12.1 Å². The molecule has 1 aliphatic rings. The van der Waals surface area contributed by atoms with E-state index in [1.54, 1.807) is 6.20 Å². The number of carbonyl (C=O) groups is 1. The number of imidazole rings is 1. The molecule has 3 aromatic rings. The quantitative estimate of drug-likeness (QED) is 0.747. The van der Waals surface area contributed by atoms with Crippen LogP contribution in [-0.4, -0.2) is 37.6 Å². The predicted octanol–water partition coefficient (Wildman–Crippen LogP) is 3.38. The fourth-order valence-corrected chi connectivity index (χ4v) is 3.94. The van der Waals surface area contributed by atoms with Crippen molar-refractivity contribution >= 4 is 28.0 Å². The van der Waals surface area contributed by atoms with E-state index < -0.39 is 18.5 Å². The van der Waals surface area contributed by atoms with Crippen molar-refractivity contribution in [2.75, 3.05) is 0 Å². The molecule has 2 atom stereocenters. The SMILES string of the molecule is Cc1nc2cnc3[nH]ccc3c2n1C1CCC(NC(=O)CC(F)(F)F)C1. The molecule has 1 aliphatic carbocycles. The minimum Gasteiger partial charge on any atom is -0.353 e. The molecule has 4 rings (SSSR count). The second kappa shape index (κ2) is 6.00. The third kappa shape index (κ3) is 3.02. The molecule has 3 heterocycles. The topological polar surface area (TPSA) is 75.6 Å². The van der Waals surface area contributed by atoms with Gasteiger partial charge in [-0.25, -0.2) is 9.97 Å². The van der Waals surface area contributed by atoms with Gasteiger partial charge >= 0.3 is 6.18 Å². The van der Waals surface area contributed by atoms with Crippen LogP contribution in [0.5, 0.6) is 0 Å². The fourth-order valence-electron chi connectivity index (χ4n) is 3.94. The Kier molecular flexibility index (Phi) is 3.89. The molecular weight excluding hydrogens is 347 g/mol. The predicted molar refractivity (Wildman–Crippen MR) is 89.6 cm³/mol. The zero-order valence-corrected chi connectivity index (χ0v) is 14.1. The number of carbonyl (C=O) groups excluding carboxylic acids is 1. The van der Waals surface area contributed by atoms with Crippen LogP contribution < -0.4 is 5.32 Å². The molecule has 0 spiro atoms. The standard InChI is InChI=1S/C17H18F3N5O/c1-9-23-13-8-22-16-12(4-5-21-16)15(13)25(9)11-3-2-10(6-11)24-14(26)7-17(18,19)20/h4-5,8,10-11H,2-3,6-7H2,1H3,(H,21,22)(H,24,26). The van der Waals surface area contributed by atoms with E-state index in [0.29, 0.717) is 12.8 Å². The Labute approximate surface area is 146 Å². The van der Waals surface area contributed by atoms with Crippen LogP contribution in [0, 0.1) is 6.92 Å². The summed E-state index contributed by atoms with van der Waals surface area (Å²) in [7, 11) is 0. The molecule has 26 heavy (non-hydrogen) atoms. The van der Waals surface area contributed by atoms with Gasteiger partial charge in [0.05, 0.1) is 11.7 Å². The lowest BCUT2D eigenvalue weighted by Crippen LogP contribution is -2.35. The van der Waals surface area contributed by atoms with Crippen LogP contribution in [0.15, 0.2) is 18.5 Å². The average molecular weight is 365 g/mol. The molecule has 2 unspecified atom stereocenters. The highest BCUT2D eigenvalue weighted by Crippen LogP contribution is 2.36. The zero-order valence-electron chi connectivity index (χ0n) is 14.1. The highest BCUT2D eigenvalue weighted by molar-refractivity contribution is 6.01. The van der Waals surface area contributed by atoms with E-state index in [0.717, 1.165) is 34.3 Å². The molecule has 0 bridgehead atoms. The summed E-state index contributed by atoms with van der Waals surface area (Å²) in [6.07, 6.45) is -0.368. The Hall–Kier alpha value is -2.58. The van der Waals surface area contributed by atoms with Crippen LogP contribution in [0.1, 0.15) is 37.5 Å². The van der Waals surface area contributed by atoms with Gasteiger partial charge in [-0.1, -0.05) is 0 Å². The summed E-state index contributed by atoms with van der Waals surface area (Å²) < 4.78 is 39.2. The van der Waals surface area contributed by atoms with E-state index in [2.05, 4.69) is 24.8 Å². The first-order valence-corrected chi connectivity index (χ1v) is 8.48. The van der Waals surface area contributed by atoms with Gasteiger partial charge in [0, 0.05) is 23.7 Å². The van der Waals surface area contributed by atoms with Crippen LogP contribution in [0.2, 0.25) is 0 Å². The van der Waals surface area contributed by atoms with Crippen LogP contribution in [0.3, 0.4) is 0 Å². The second-order valence-corrected chi connectivity index (χ2v) is 6.78. The summed E-state index contributed by atoms with van der Waals surface area (Å²) in [5.74, 6) is -0.129. The number of rotatable bonds is 3. The Balaban J connectivity index is 1.58. The van der Waals surface area contributed by atoms with Gasteiger partial charge in [0.15, 0.2) is 0 Å². The first-order chi connectivity index (χ1) is 12.3. The molecule has 0 aromatic carbocycles. The molecule has 1 amide bonds. The maximum atomic E-state index is 12.3. The van der Waals surface area contributed by atoms with Crippen LogP contribution in [0.25, 0.3) is 22.1 Å². The van der Waals surface area contributed by atoms with Crippen LogP contribution in [0.4, 0.5) is 13.2 Å². The molecule has 9 heteroatoms. The summed E-state index contributed by atoms with van der Waals surface area (Å²) in [5.41, 5.74) is 2.53. The molecule has 1 saturated carbocycles. The molecule has 0 radical (unpaired) electrons. The van der Waals surface area contributed by atoms with Crippen molar-refractivity contribution in [1.82, 2.24) is 24.8 Å². The maximum absolute atomic E-state index is 12.3. The van der Waals surface area contributed by atoms with Gasteiger partial charge < -0.3 is 14.9 Å². The maximum Gasteiger partial charge on any atom is 0.397 e. The lowest BCUT2D eigenvalue weighted by atomic mass is 10.2. The monoisotopic (exact) mass is 365 g/mol. The first-order valence-electron chi connectivity index (χ1n) is 8.48. The number of aryl methyl sites for hydroxylation is 1. The van der Waals surface area contributed by atoms with E-state index in [4.69, 9.17) is 0 Å². The molecule has 0 aliphatic heterocycles. The zero-order chi connectivity index (χ0) is 18.5. The molecule has 2 N–H and O–H groups in total. The van der Waals surface area contributed by atoms with Crippen molar-refractivity contribution in [3.63, 3.8) is 0 Å². The number of halogens is 3. The van der Waals surface area contributed by atoms with Gasteiger partial charge in [0.1, 0.15) is 23.4 Å². The summed E-state index contributed by atoms with van der Waals surface area (Å²) in [4.78, 5) is 23.6. The third-order valence-electron chi connectivity index (χ3n) is 4.91. The Morgan fingerprint density at radius 3 is 3.00 bits per heavy atom. The number of aromatic amines is 1. The lowest BCUT2D eigenvalue weighted by Gasteiger charge is -2.17. The van der Waals surface area contributed by atoms with E-state index in [9.17, 15) is 18.0 Å². The summed E-state index contributed by atoms with van der Waals surface area (Å²) in [5, 5.41) is 3.48. The fraction of sp³-hybridized carbons (Fsp3) is 0.471. The van der Waals surface area contributed by atoms with Crippen molar-refractivity contribution in [3.8, 4) is 0 Å². The minimum absolute atomic E-state index is 0.0803. The molecule has 138 valence electrons. The Morgan fingerprint density at radius 2 is 2.23 bits per heavy atom. The smallest absolute Gasteiger partial charge is 0.353 e. The second-order valence-electron chi connectivity index (χ2n) is 6.78.